The summed E-state index contributed by atoms with van der Waals surface area (Å²) in [6.07, 6.45) is 3.74. The van der Waals surface area contributed by atoms with E-state index in [2.05, 4.69) is 46.9 Å². The Bertz CT molecular complexity index is 301. The predicted octanol–water partition coefficient (Wildman–Crippen LogP) is 3.61. The van der Waals surface area contributed by atoms with Crippen LogP contribution >= 0.6 is 0 Å². The Balaban J connectivity index is 2.30. The summed E-state index contributed by atoms with van der Waals surface area (Å²) in [5.74, 6) is 0.762. The van der Waals surface area contributed by atoms with E-state index >= 15 is 0 Å². The molecule has 0 bridgehead atoms. The lowest BCUT2D eigenvalue weighted by Crippen LogP contribution is -2.66. The Morgan fingerprint density at radius 1 is 1.17 bits per heavy atom. The van der Waals surface area contributed by atoms with Gasteiger partial charge in [-0.1, -0.05) is 41.5 Å². The van der Waals surface area contributed by atoms with Gasteiger partial charge in [-0.05, 0) is 36.0 Å². The fourth-order valence-corrected chi connectivity index (χ4v) is 4.71. The van der Waals surface area contributed by atoms with E-state index in [1.165, 1.54) is 19.3 Å². The van der Waals surface area contributed by atoms with Crippen molar-refractivity contribution in [3.63, 3.8) is 0 Å². The first-order chi connectivity index (χ1) is 8.15. The van der Waals surface area contributed by atoms with Gasteiger partial charge in [0.15, 0.2) is 0 Å². The van der Waals surface area contributed by atoms with Gasteiger partial charge in [-0.15, -0.1) is 0 Å². The zero-order valence-corrected chi connectivity index (χ0v) is 13.1. The molecule has 1 heterocycles. The minimum absolute atomic E-state index is 0.0532. The van der Waals surface area contributed by atoms with Crippen LogP contribution in [0.15, 0.2) is 0 Å². The van der Waals surface area contributed by atoms with Gasteiger partial charge < -0.3 is 10.1 Å². The molecule has 18 heavy (non-hydrogen) atoms. The normalized spacial score (nSPS) is 41.0. The van der Waals surface area contributed by atoms with Crippen molar-refractivity contribution in [1.82, 2.24) is 5.32 Å². The van der Waals surface area contributed by atoms with Crippen molar-refractivity contribution in [2.45, 2.75) is 72.4 Å². The molecule has 1 spiro atoms. The van der Waals surface area contributed by atoms with Gasteiger partial charge in [0.1, 0.15) is 0 Å². The lowest BCUT2D eigenvalue weighted by Gasteiger charge is -2.56. The molecular weight excluding hydrogens is 222 g/mol. The van der Waals surface area contributed by atoms with E-state index in [9.17, 15) is 0 Å². The molecule has 3 unspecified atom stereocenters. The van der Waals surface area contributed by atoms with Gasteiger partial charge in [-0.2, -0.15) is 0 Å². The Morgan fingerprint density at radius 3 is 2.39 bits per heavy atom. The Labute approximate surface area is 113 Å². The Hall–Kier alpha value is -0.0800. The van der Waals surface area contributed by atoms with Crippen molar-refractivity contribution >= 4 is 0 Å². The highest BCUT2D eigenvalue weighted by molar-refractivity contribution is 5.07. The zero-order valence-electron chi connectivity index (χ0n) is 13.1. The molecule has 1 aliphatic carbocycles. The van der Waals surface area contributed by atoms with Crippen molar-refractivity contribution in [3.8, 4) is 0 Å². The summed E-state index contributed by atoms with van der Waals surface area (Å²) in [5, 5.41) is 3.75. The number of hydrogen-bond donors (Lipinski definition) is 1. The van der Waals surface area contributed by atoms with Crippen LogP contribution in [0.1, 0.15) is 60.8 Å². The van der Waals surface area contributed by atoms with Crippen molar-refractivity contribution in [2.75, 3.05) is 13.2 Å². The summed E-state index contributed by atoms with van der Waals surface area (Å²) in [6, 6.07) is 0.473. The summed E-state index contributed by atoms with van der Waals surface area (Å²) in [7, 11) is 0. The van der Waals surface area contributed by atoms with E-state index in [1.807, 2.05) is 0 Å². The first kappa shape index (κ1) is 14.3. The fourth-order valence-electron chi connectivity index (χ4n) is 4.71. The second-order valence-corrected chi connectivity index (χ2v) is 8.52. The summed E-state index contributed by atoms with van der Waals surface area (Å²) < 4.78 is 6.39. The molecule has 2 aliphatic rings. The van der Waals surface area contributed by atoms with Gasteiger partial charge in [0.2, 0.25) is 0 Å². The van der Waals surface area contributed by atoms with Crippen LogP contribution in [0.2, 0.25) is 0 Å². The average Bonchev–Trinajstić information content (AvgIpc) is 2.11. The van der Waals surface area contributed by atoms with Gasteiger partial charge >= 0.3 is 0 Å². The monoisotopic (exact) mass is 253 g/mol. The van der Waals surface area contributed by atoms with Crippen LogP contribution < -0.4 is 5.32 Å². The maximum Gasteiger partial charge on any atom is 0.0848 e. The van der Waals surface area contributed by atoms with E-state index in [-0.39, 0.29) is 11.0 Å². The number of nitrogens with one attached hydrogen (secondary N) is 1. The third-order valence-corrected chi connectivity index (χ3v) is 4.60. The van der Waals surface area contributed by atoms with E-state index < -0.39 is 0 Å². The first-order valence-corrected chi connectivity index (χ1v) is 7.52. The third-order valence-electron chi connectivity index (χ3n) is 4.60. The molecule has 2 fully saturated rings. The zero-order chi connectivity index (χ0) is 13.6. The standard InChI is InChI=1S/C16H31NO/c1-12-9-15(5,6)11-16(10-12)13(14(2,3)4)17-7-8-18-16/h12-13,17H,7-11H2,1-6H3. The van der Waals surface area contributed by atoms with E-state index in [1.54, 1.807) is 0 Å². The molecule has 0 radical (unpaired) electrons. The van der Waals surface area contributed by atoms with E-state index in [0.717, 1.165) is 19.1 Å². The van der Waals surface area contributed by atoms with Crippen molar-refractivity contribution < 1.29 is 4.74 Å². The number of ether oxygens (including phenoxy) is 1. The van der Waals surface area contributed by atoms with Gasteiger partial charge in [0.05, 0.1) is 12.2 Å². The maximum absolute atomic E-state index is 6.39. The summed E-state index contributed by atoms with van der Waals surface area (Å²) in [4.78, 5) is 0. The molecule has 1 aliphatic heterocycles. The van der Waals surface area contributed by atoms with Crippen LogP contribution in [0.3, 0.4) is 0 Å². The van der Waals surface area contributed by atoms with Crippen molar-refractivity contribution in [2.24, 2.45) is 16.7 Å². The minimum atomic E-state index is 0.0532. The first-order valence-electron chi connectivity index (χ1n) is 7.52. The Kier molecular flexibility index (Phi) is 3.57. The van der Waals surface area contributed by atoms with Crippen molar-refractivity contribution in [3.05, 3.63) is 0 Å². The summed E-state index contributed by atoms with van der Waals surface area (Å²) in [5.41, 5.74) is 0.714. The van der Waals surface area contributed by atoms with Gasteiger partial charge in [0, 0.05) is 12.6 Å². The molecule has 0 aromatic rings. The maximum atomic E-state index is 6.39. The van der Waals surface area contributed by atoms with Crippen LogP contribution in [0.4, 0.5) is 0 Å². The molecule has 1 saturated carbocycles. The van der Waals surface area contributed by atoms with Gasteiger partial charge in [-0.25, -0.2) is 0 Å². The smallest absolute Gasteiger partial charge is 0.0848 e. The second kappa shape index (κ2) is 4.49. The highest BCUT2D eigenvalue weighted by Crippen LogP contribution is 2.50. The van der Waals surface area contributed by atoms with Gasteiger partial charge in [0.25, 0.3) is 0 Å². The summed E-state index contributed by atoms with van der Waals surface area (Å²) in [6.45, 7) is 16.1. The molecule has 2 nitrogen and oxygen atoms in total. The predicted molar refractivity (Wildman–Crippen MR) is 76.7 cm³/mol. The second-order valence-electron chi connectivity index (χ2n) is 8.52. The lowest BCUT2D eigenvalue weighted by molar-refractivity contribution is -0.169. The molecule has 1 N–H and O–H groups in total. The molecule has 2 heteroatoms. The quantitative estimate of drug-likeness (QED) is 0.712. The Morgan fingerprint density at radius 2 is 1.83 bits per heavy atom. The molecule has 2 rings (SSSR count). The number of morpholine rings is 1. The average molecular weight is 253 g/mol. The van der Waals surface area contributed by atoms with Crippen LogP contribution in [0.25, 0.3) is 0 Å². The molecule has 0 aromatic heterocycles. The molecule has 0 aromatic carbocycles. The van der Waals surface area contributed by atoms with Crippen LogP contribution in [0.5, 0.6) is 0 Å². The molecule has 3 atom stereocenters. The molecule has 1 saturated heterocycles. The number of hydrogen-bond acceptors (Lipinski definition) is 2. The molecular formula is C16H31NO. The van der Waals surface area contributed by atoms with E-state index in [4.69, 9.17) is 4.74 Å². The minimum Gasteiger partial charge on any atom is -0.372 e. The lowest BCUT2D eigenvalue weighted by atomic mass is 9.59. The van der Waals surface area contributed by atoms with Crippen molar-refractivity contribution in [1.29, 1.82) is 0 Å². The van der Waals surface area contributed by atoms with Crippen LogP contribution in [-0.2, 0) is 4.74 Å². The highest BCUT2D eigenvalue weighted by atomic mass is 16.5. The topological polar surface area (TPSA) is 21.3 Å². The molecule has 106 valence electrons. The SMILES string of the molecule is CC1CC(C)(C)CC2(C1)OCCNC2C(C)(C)C. The van der Waals surface area contributed by atoms with Crippen LogP contribution in [-0.4, -0.2) is 24.8 Å². The van der Waals surface area contributed by atoms with Crippen LogP contribution in [0, 0.1) is 16.7 Å². The molecule has 0 amide bonds. The highest BCUT2D eigenvalue weighted by Gasteiger charge is 2.53. The number of rotatable bonds is 0. The third kappa shape index (κ3) is 2.75. The summed E-state index contributed by atoms with van der Waals surface area (Å²) >= 11 is 0. The van der Waals surface area contributed by atoms with Gasteiger partial charge in [-0.3, -0.25) is 0 Å². The fraction of sp³-hybridized carbons (Fsp3) is 1.00. The van der Waals surface area contributed by atoms with E-state index in [0.29, 0.717) is 11.5 Å². The largest absolute Gasteiger partial charge is 0.372 e.